The molecule has 0 amide bonds. The molecule has 9 heteroatoms. The zero-order chi connectivity index (χ0) is 23.9. The first-order chi connectivity index (χ1) is 16.3. The van der Waals surface area contributed by atoms with E-state index in [0.717, 1.165) is 16.5 Å². The number of ketones is 1. The number of carbonyl (C=O) groups is 1. The largest absolute Gasteiger partial charge is 0.396 e. The number of hydrogen-bond donors (Lipinski definition) is 2. The monoisotopic (exact) mass is 543 g/mol. The number of halogens is 1. The molecule has 34 heavy (non-hydrogen) atoms. The number of benzene rings is 1. The lowest BCUT2D eigenvalue weighted by atomic mass is 10.1. The topological polar surface area (TPSA) is 93.6 Å². The maximum atomic E-state index is 13.4. The van der Waals surface area contributed by atoms with Gasteiger partial charge in [-0.05, 0) is 61.4 Å². The van der Waals surface area contributed by atoms with Crippen LogP contribution in [-0.2, 0) is 15.9 Å². The predicted octanol–water partition coefficient (Wildman–Crippen LogP) is 4.44. The lowest BCUT2D eigenvalue weighted by Gasteiger charge is -2.24. The van der Waals surface area contributed by atoms with E-state index in [0.29, 0.717) is 22.7 Å². The molecule has 3 aromatic rings. The van der Waals surface area contributed by atoms with Crippen LogP contribution in [0.25, 0.3) is 0 Å². The molecule has 1 aliphatic carbocycles. The first-order valence-corrected chi connectivity index (χ1v) is 12.9. The van der Waals surface area contributed by atoms with Crippen molar-refractivity contribution in [1.82, 2.24) is 9.97 Å². The maximum absolute atomic E-state index is 13.4. The SMILES string of the molecule is CC1(C)O[C@@H]2[C@@H](CO)C[C@@H](Nc3ncncc3C(=O)c3cc(Cc4cccc(Br)c4)cs3)[C@@H]2O1. The minimum atomic E-state index is -0.713. The van der Waals surface area contributed by atoms with E-state index in [1.807, 2.05) is 37.4 Å². The highest BCUT2D eigenvalue weighted by Crippen LogP contribution is 2.42. The van der Waals surface area contributed by atoms with Crippen LogP contribution in [0.4, 0.5) is 5.82 Å². The highest BCUT2D eigenvalue weighted by molar-refractivity contribution is 9.10. The van der Waals surface area contributed by atoms with Gasteiger partial charge in [-0.1, -0.05) is 28.1 Å². The van der Waals surface area contributed by atoms with E-state index >= 15 is 0 Å². The van der Waals surface area contributed by atoms with E-state index in [2.05, 4.69) is 43.3 Å². The summed E-state index contributed by atoms with van der Waals surface area (Å²) in [6.07, 6.45) is 3.96. The highest BCUT2D eigenvalue weighted by atomic mass is 79.9. The van der Waals surface area contributed by atoms with E-state index in [4.69, 9.17) is 9.47 Å². The molecule has 1 aliphatic heterocycles. The van der Waals surface area contributed by atoms with Gasteiger partial charge in [0.2, 0.25) is 5.78 Å². The molecule has 0 radical (unpaired) electrons. The molecule has 1 aromatic carbocycles. The van der Waals surface area contributed by atoms with E-state index < -0.39 is 5.79 Å². The number of aliphatic hydroxyl groups is 1. The lowest BCUT2D eigenvalue weighted by molar-refractivity contribution is -0.158. The Morgan fingerprint density at radius 1 is 1.26 bits per heavy atom. The van der Waals surface area contributed by atoms with Gasteiger partial charge in [-0.2, -0.15) is 0 Å². The molecule has 1 saturated carbocycles. The van der Waals surface area contributed by atoms with Crippen LogP contribution in [0.3, 0.4) is 0 Å². The molecule has 0 unspecified atom stereocenters. The molecule has 0 bridgehead atoms. The van der Waals surface area contributed by atoms with Crippen LogP contribution in [0.2, 0.25) is 0 Å². The van der Waals surface area contributed by atoms with Gasteiger partial charge in [0, 0.05) is 23.2 Å². The van der Waals surface area contributed by atoms with Crippen molar-refractivity contribution in [2.24, 2.45) is 5.92 Å². The van der Waals surface area contributed by atoms with Crippen LogP contribution in [-0.4, -0.2) is 51.5 Å². The Morgan fingerprint density at radius 2 is 2.09 bits per heavy atom. The quantitative estimate of drug-likeness (QED) is 0.425. The zero-order valence-corrected chi connectivity index (χ0v) is 21.3. The van der Waals surface area contributed by atoms with E-state index in [9.17, 15) is 9.90 Å². The molecule has 0 spiro atoms. The number of hydrogen-bond acceptors (Lipinski definition) is 8. The van der Waals surface area contributed by atoms with Crippen molar-refractivity contribution in [2.75, 3.05) is 11.9 Å². The number of rotatable bonds is 7. The Labute approximate surface area is 210 Å². The highest BCUT2D eigenvalue weighted by Gasteiger charge is 2.54. The van der Waals surface area contributed by atoms with Gasteiger partial charge >= 0.3 is 0 Å². The third-order valence-corrected chi connectivity index (χ3v) is 7.74. The summed E-state index contributed by atoms with van der Waals surface area (Å²) in [6, 6.07) is 9.95. The van der Waals surface area contributed by atoms with Gasteiger partial charge in [0.1, 0.15) is 18.2 Å². The average molecular weight is 544 g/mol. The number of fused-ring (bicyclic) bond motifs is 1. The Hall–Kier alpha value is -2.17. The smallest absolute Gasteiger partial charge is 0.208 e. The Morgan fingerprint density at radius 3 is 2.88 bits per heavy atom. The maximum Gasteiger partial charge on any atom is 0.208 e. The lowest BCUT2D eigenvalue weighted by Crippen LogP contribution is -2.35. The number of nitrogens with zero attached hydrogens (tertiary/aromatic N) is 2. The summed E-state index contributed by atoms with van der Waals surface area (Å²) in [4.78, 5) is 22.5. The van der Waals surface area contributed by atoms with Crippen LogP contribution in [0.5, 0.6) is 0 Å². The fourth-order valence-electron chi connectivity index (χ4n) is 4.80. The summed E-state index contributed by atoms with van der Waals surface area (Å²) < 4.78 is 13.2. The van der Waals surface area contributed by atoms with Gasteiger partial charge in [-0.15, -0.1) is 11.3 Å². The van der Waals surface area contributed by atoms with Crippen LogP contribution in [0.15, 0.2) is 52.7 Å². The normalized spacial score (nSPS) is 25.3. The standard InChI is InChI=1S/C25H26BrN3O4S/c1-25(2)32-22-16(11-30)9-19(23(22)33-25)29-24-18(10-27-13-28-24)21(31)20-8-15(12-34-20)6-14-4-3-5-17(26)7-14/h3-5,7-8,10,12-13,16,19,22-23,30H,6,9,11H2,1-2H3,(H,27,28,29)/t16-,19-,22-,23+/m1/s1. The minimum Gasteiger partial charge on any atom is -0.396 e. The summed E-state index contributed by atoms with van der Waals surface area (Å²) in [5.41, 5.74) is 2.68. The molecule has 3 heterocycles. The summed E-state index contributed by atoms with van der Waals surface area (Å²) in [7, 11) is 0. The number of ether oxygens (including phenoxy) is 2. The van der Waals surface area contributed by atoms with Gasteiger partial charge in [-0.3, -0.25) is 4.79 Å². The van der Waals surface area contributed by atoms with Crippen LogP contribution in [0.1, 0.15) is 46.6 Å². The summed E-state index contributed by atoms with van der Waals surface area (Å²) >= 11 is 4.93. The Bertz CT molecular complexity index is 1200. The average Bonchev–Trinajstić information content (AvgIpc) is 3.47. The fraction of sp³-hybridized carbons (Fsp3) is 0.400. The number of aromatic nitrogens is 2. The summed E-state index contributed by atoms with van der Waals surface area (Å²) in [6.45, 7) is 3.77. The fourth-order valence-corrected chi connectivity index (χ4v) is 6.11. The van der Waals surface area contributed by atoms with Gasteiger partial charge < -0.3 is 19.9 Å². The molecule has 2 fully saturated rings. The number of aliphatic hydroxyl groups excluding tert-OH is 1. The third-order valence-electron chi connectivity index (χ3n) is 6.27. The van der Waals surface area contributed by atoms with Crippen molar-refractivity contribution in [3.05, 3.63) is 74.3 Å². The Balaban J connectivity index is 1.34. The molecule has 5 rings (SSSR count). The molecule has 2 aromatic heterocycles. The first-order valence-electron chi connectivity index (χ1n) is 11.2. The van der Waals surface area contributed by atoms with Crippen LogP contribution in [0, 0.1) is 5.92 Å². The van der Waals surface area contributed by atoms with Crippen molar-refractivity contribution in [2.45, 2.75) is 50.7 Å². The molecule has 4 atom stereocenters. The minimum absolute atomic E-state index is 0.0182. The predicted molar refractivity (Wildman–Crippen MR) is 133 cm³/mol. The first kappa shape index (κ1) is 23.6. The Kier molecular flexibility index (Phi) is 6.56. The van der Waals surface area contributed by atoms with Crippen molar-refractivity contribution >= 4 is 38.9 Å². The molecule has 178 valence electrons. The van der Waals surface area contributed by atoms with Crippen LogP contribution < -0.4 is 5.32 Å². The molecule has 7 nitrogen and oxygen atoms in total. The zero-order valence-electron chi connectivity index (χ0n) is 18.9. The van der Waals surface area contributed by atoms with E-state index in [1.165, 1.54) is 23.2 Å². The van der Waals surface area contributed by atoms with Gasteiger partial charge in [0.25, 0.3) is 0 Å². The summed E-state index contributed by atoms with van der Waals surface area (Å²) in [5, 5.41) is 15.3. The second kappa shape index (κ2) is 9.47. The summed E-state index contributed by atoms with van der Waals surface area (Å²) in [5.74, 6) is -0.402. The molecule has 1 saturated heterocycles. The molecule has 2 N–H and O–H groups in total. The van der Waals surface area contributed by atoms with Crippen molar-refractivity contribution in [3.63, 3.8) is 0 Å². The molecular weight excluding hydrogens is 518 g/mol. The van der Waals surface area contributed by atoms with E-state index in [1.54, 1.807) is 6.20 Å². The number of nitrogens with one attached hydrogen (secondary N) is 1. The third kappa shape index (κ3) is 4.81. The van der Waals surface area contributed by atoms with Crippen molar-refractivity contribution in [3.8, 4) is 0 Å². The molecular formula is C25H26BrN3O4S. The van der Waals surface area contributed by atoms with E-state index in [-0.39, 0.29) is 36.6 Å². The number of thiophene rings is 1. The van der Waals surface area contributed by atoms with Crippen LogP contribution >= 0.6 is 27.3 Å². The van der Waals surface area contributed by atoms with Crippen molar-refractivity contribution < 1.29 is 19.4 Å². The van der Waals surface area contributed by atoms with Crippen molar-refractivity contribution in [1.29, 1.82) is 0 Å². The van der Waals surface area contributed by atoms with Gasteiger partial charge in [0.15, 0.2) is 5.79 Å². The number of carbonyl (C=O) groups excluding carboxylic acids is 1. The van der Waals surface area contributed by atoms with Gasteiger partial charge in [0.05, 0.1) is 22.6 Å². The number of anilines is 1. The second-order valence-electron chi connectivity index (χ2n) is 9.23. The second-order valence-corrected chi connectivity index (χ2v) is 11.1. The molecule has 2 aliphatic rings. The van der Waals surface area contributed by atoms with Gasteiger partial charge in [-0.25, -0.2) is 9.97 Å².